The molecule has 0 radical (unpaired) electrons. The van der Waals surface area contributed by atoms with Crippen molar-refractivity contribution in [3.8, 4) is 5.75 Å². The van der Waals surface area contributed by atoms with Crippen LogP contribution in [0.15, 0.2) is 36.9 Å². The van der Waals surface area contributed by atoms with E-state index in [-0.39, 0.29) is 5.41 Å². The minimum absolute atomic E-state index is 0.294. The van der Waals surface area contributed by atoms with Gasteiger partial charge in [0.15, 0.2) is 0 Å². The van der Waals surface area contributed by atoms with Gasteiger partial charge >= 0.3 is 0 Å². The number of ketones is 1. The smallest absolute Gasteiger partial charge is 0.145 e. The summed E-state index contributed by atoms with van der Waals surface area (Å²) in [6, 6.07) is 7.97. The molecule has 2 fully saturated rings. The van der Waals surface area contributed by atoms with Crippen LogP contribution in [-0.2, 0) is 10.2 Å². The molecule has 0 amide bonds. The van der Waals surface area contributed by atoms with E-state index in [4.69, 9.17) is 4.74 Å². The second-order valence-electron chi connectivity index (χ2n) is 5.51. The Hall–Kier alpha value is -1.61. The number of benzene rings is 1. The molecule has 0 bridgehead atoms. The van der Waals surface area contributed by atoms with E-state index < -0.39 is 0 Å². The zero-order valence-electron chi connectivity index (χ0n) is 11.3. The molecule has 0 spiro atoms. The highest BCUT2D eigenvalue weighted by molar-refractivity contribution is 5.98. The number of ether oxygens (including phenoxy) is 1. The Morgan fingerprint density at radius 1 is 1.58 bits per heavy atom. The van der Waals surface area contributed by atoms with E-state index in [1.54, 1.807) is 7.11 Å². The Labute approximate surface area is 113 Å². The number of fused-ring (bicyclic) bond motifs is 1. The van der Waals surface area contributed by atoms with Crippen molar-refractivity contribution in [3.05, 3.63) is 42.5 Å². The molecule has 1 saturated carbocycles. The fraction of sp³-hybridized carbons (Fsp3) is 0.438. The molecule has 1 aromatic carbocycles. The lowest BCUT2D eigenvalue weighted by Gasteiger charge is -2.42. The molecule has 19 heavy (non-hydrogen) atoms. The number of nitrogens with zero attached hydrogens (tertiary/aromatic N) is 1. The highest BCUT2D eigenvalue weighted by atomic mass is 16.5. The first-order valence-electron chi connectivity index (χ1n) is 6.72. The summed E-state index contributed by atoms with van der Waals surface area (Å²) in [6.07, 6.45) is 2.62. The fourth-order valence-electron chi connectivity index (χ4n) is 3.55. The molecule has 1 saturated heterocycles. The Morgan fingerprint density at radius 2 is 2.42 bits per heavy atom. The van der Waals surface area contributed by atoms with Crippen LogP contribution in [0, 0.1) is 5.92 Å². The van der Waals surface area contributed by atoms with Crippen LogP contribution in [0.2, 0.25) is 0 Å². The zero-order valence-corrected chi connectivity index (χ0v) is 11.3. The van der Waals surface area contributed by atoms with Crippen LogP contribution in [0.1, 0.15) is 12.0 Å². The van der Waals surface area contributed by atoms with Crippen molar-refractivity contribution >= 4 is 5.78 Å². The molecule has 1 aromatic rings. The average Bonchev–Trinajstić information content (AvgIpc) is 2.72. The molecule has 3 rings (SSSR count). The summed E-state index contributed by atoms with van der Waals surface area (Å²) in [4.78, 5) is 14.6. The molecule has 2 aliphatic rings. The summed E-state index contributed by atoms with van der Waals surface area (Å²) >= 11 is 0. The molecule has 1 aliphatic heterocycles. The highest BCUT2D eigenvalue weighted by Gasteiger charge is 2.60. The van der Waals surface area contributed by atoms with Crippen molar-refractivity contribution in [1.82, 2.24) is 4.90 Å². The molecular weight excluding hydrogens is 238 g/mol. The molecule has 1 heterocycles. The van der Waals surface area contributed by atoms with Crippen molar-refractivity contribution in [1.29, 1.82) is 0 Å². The Balaban J connectivity index is 1.96. The van der Waals surface area contributed by atoms with Crippen LogP contribution in [0.4, 0.5) is 0 Å². The zero-order chi connectivity index (χ0) is 13.5. The van der Waals surface area contributed by atoms with Gasteiger partial charge in [-0.05, 0) is 23.6 Å². The maximum Gasteiger partial charge on any atom is 0.145 e. The molecule has 2 unspecified atom stereocenters. The number of rotatable bonds is 4. The number of hydrogen-bond acceptors (Lipinski definition) is 3. The summed E-state index contributed by atoms with van der Waals surface area (Å²) in [7, 11) is 1.66. The van der Waals surface area contributed by atoms with Gasteiger partial charge in [0.1, 0.15) is 11.5 Å². The van der Waals surface area contributed by atoms with Crippen molar-refractivity contribution in [3.63, 3.8) is 0 Å². The van der Waals surface area contributed by atoms with E-state index in [0.29, 0.717) is 18.1 Å². The van der Waals surface area contributed by atoms with Gasteiger partial charge < -0.3 is 4.74 Å². The third kappa shape index (κ3) is 1.72. The third-order valence-electron chi connectivity index (χ3n) is 4.55. The predicted molar refractivity (Wildman–Crippen MR) is 74.4 cm³/mol. The number of hydrogen-bond donors (Lipinski definition) is 0. The molecule has 0 aromatic heterocycles. The topological polar surface area (TPSA) is 29.5 Å². The third-order valence-corrected chi connectivity index (χ3v) is 4.55. The Kier molecular flexibility index (Phi) is 2.94. The lowest BCUT2D eigenvalue weighted by atomic mass is 9.57. The van der Waals surface area contributed by atoms with Gasteiger partial charge in [0.05, 0.1) is 12.5 Å². The first-order valence-corrected chi connectivity index (χ1v) is 6.72. The first-order chi connectivity index (χ1) is 9.20. The molecular formula is C16H19NO2. The lowest BCUT2D eigenvalue weighted by molar-refractivity contribution is -0.134. The lowest BCUT2D eigenvalue weighted by Crippen LogP contribution is -2.53. The van der Waals surface area contributed by atoms with Gasteiger partial charge in [-0.3, -0.25) is 9.69 Å². The van der Waals surface area contributed by atoms with Crippen molar-refractivity contribution < 1.29 is 9.53 Å². The number of carbonyl (C=O) groups is 1. The summed E-state index contributed by atoms with van der Waals surface area (Å²) in [5.41, 5.74) is 0.817. The first kappa shape index (κ1) is 12.4. The maximum absolute atomic E-state index is 12.3. The van der Waals surface area contributed by atoms with Gasteiger partial charge in [-0.25, -0.2) is 0 Å². The molecule has 100 valence electrons. The summed E-state index contributed by atoms with van der Waals surface area (Å²) < 4.78 is 5.29. The molecule has 0 N–H and O–H groups in total. The Morgan fingerprint density at radius 3 is 3.11 bits per heavy atom. The van der Waals surface area contributed by atoms with Crippen LogP contribution in [0.25, 0.3) is 0 Å². The van der Waals surface area contributed by atoms with E-state index in [1.807, 2.05) is 24.3 Å². The maximum atomic E-state index is 12.3. The Bertz CT molecular complexity index is 525. The predicted octanol–water partition coefficient (Wildman–Crippen LogP) is 2.02. The van der Waals surface area contributed by atoms with Crippen LogP contribution in [0.5, 0.6) is 5.75 Å². The van der Waals surface area contributed by atoms with Crippen molar-refractivity contribution in [2.75, 3.05) is 26.7 Å². The minimum atomic E-state index is -0.294. The number of carbonyl (C=O) groups excluding carboxylic acids is 1. The summed E-state index contributed by atoms with van der Waals surface area (Å²) in [5.74, 6) is 1.65. The minimum Gasteiger partial charge on any atom is -0.497 e. The summed E-state index contributed by atoms with van der Waals surface area (Å²) in [6.45, 7) is 6.46. The largest absolute Gasteiger partial charge is 0.497 e. The van der Waals surface area contributed by atoms with Gasteiger partial charge in [0.25, 0.3) is 0 Å². The molecule has 3 heteroatoms. The van der Waals surface area contributed by atoms with Gasteiger partial charge in [-0.1, -0.05) is 18.2 Å². The van der Waals surface area contributed by atoms with Crippen LogP contribution in [-0.4, -0.2) is 37.4 Å². The van der Waals surface area contributed by atoms with E-state index in [9.17, 15) is 4.79 Å². The van der Waals surface area contributed by atoms with Gasteiger partial charge in [0, 0.05) is 26.1 Å². The second kappa shape index (κ2) is 4.49. The van der Waals surface area contributed by atoms with E-state index in [1.165, 1.54) is 0 Å². The van der Waals surface area contributed by atoms with E-state index in [2.05, 4.69) is 17.5 Å². The van der Waals surface area contributed by atoms with Gasteiger partial charge in [-0.2, -0.15) is 0 Å². The average molecular weight is 257 g/mol. The van der Waals surface area contributed by atoms with Crippen molar-refractivity contribution in [2.24, 2.45) is 5.92 Å². The van der Waals surface area contributed by atoms with Crippen molar-refractivity contribution in [2.45, 2.75) is 11.8 Å². The highest BCUT2D eigenvalue weighted by Crippen LogP contribution is 2.51. The quantitative estimate of drug-likeness (QED) is 0.773. The fourth-order valence-corrected chi connectivity index (χ4v) is 3.55. The monoisotopic (exact) mass is 257 g/mol. The van der Waals surface area contributed by atoms with Gasteiger partial charge in [-0.15, -0.1) is 6.58 Å². The summed E-state index contributed by atoms with van der Waals surface area (Å²) in [5, 5.41) is 0. The second-order valence-corrected chi connectivity index (χ2v) is 5.51. The molecule has 3 nitrogen and oxygen atoms in total. The SMILES string of the molecule is C=CCN1CC2CC(=O)C2(c2cccc(OC)c2)C1. The number of likely N-dealkylation sites (tertiary alicyclic amines) is 1. The molecule has 1 aliphatic carbocycles. The van der Waals surface area contributed by atoms with Crippen LogP contribution >= 0.6 is 0 Å². The van der Waals surface area contributed by atoms with E-state index >= 15 is 0 Å². The molecule has 2 atom stereocenters. The van der Waals surface area contributed by atoms with Crippen LogP contribution < -0.4 is 4.74 Å². The number of Topliss-reactive ketones (excluding diaryl/α,β-unsaturated/α-hetero) is 1. The van der Waals surface area contributed by atoms with Gasteiger partial charge in [0.2, 0.25) is 0 Å². The van der Waals surface area contributed by atoms with E-state index in [0.717, 1.165) is 30.9 Å². The standard InChI is InChI=1S/C16H19NO2/c1-3-7-17-10-13-9-15(18)16(13,11-17)12-5-4-6-14(8-12)19-2/h3-6,8,13H,1,7,9-11H2,2H3. The number of methoxy groups -OCH3 is 1. The van der Waals surface area contributed by atoms with Crippen LogP contribution in [0.3, 0.4) is 0 Å². The normalized spacial score (nSPS) is 29.7.